The number of carbonyl (C=O) groups excluding carboxylic acids is 1. The number of nitrogens with zero attached hydrogens (tertiary/aromatic N) is 2. The lowest BCUT2D eigenvalue weighted by Crippen LogP contribution is -2.38. The second kappa shape index (κ2) is 8.81. The van der Waals surface area contributed by atoms with E-state index in [-0.39, 0.29) is 35.2 Å². The van der Waals surface area contributed by atoms with Gasteiger partial charge in [0.2, 0.25) is 15.9 Å². The van der Waals surface area contributed by atoms with Crippen molar-refractivity contribution in [3.63, 3.8) is 0 Å². The van der Waals surface area contributed by atoms with E-state index in [4.69, 9.17) is 0 Å². The Balaban J connectivity index is 1.45. The van der Waals surface area contributed by atoms with Crippen molar-refractivity contribution < 1.29 is 13.2 Å². The maximum absolute atomic E-state index is 12.4. The van der Waals surface area contributed by atoms with Crippen LogP contribution >= 0.6 is 11.3 Å². The molecule has 1 saturated heterocycles. The van der Waals surface area contributed by atoms with Crippen LogP contribution in [0.5, 0.6) is 0 Å². The Labute approximate surface area is 176 Å². The predicted octanol–water partition coefficient (Wildman–Crippen LogP) is 2.50. The van der Waals surface area contributed by atoms with Crippen LogP contribution in [-0.4, -0.2) is 45.0 Å². The van der Waals surface area contributed by atoms with Crippen LogP contribution in [0.4, 0.5) is 5.13 Å². The number of benzene rings is 1. The molecule has 2 aromatic rings. The van der Waals surface area contributed by atoms with Gasteiger partial charge in [0, 0.05) is 43.7 Å². The maximum Gasteiger partial charge on any atom is 0.240 e. The van der Waals surface area contributed by atoms with Gasteiger partial charge < -0.3 is 10.2 Å². The summed E-state index contributed by atoms with van der Waals surface area (Å²) in [6.07, 6.45) is 2.74. The molecule has 1 aliphatic rings. The standard InChI is InChI=1S/C20H28N4O3S2/c1-20(2,3)15-4-6-17(7-5-15)29(26,27)22-10-8-18(25)23-16-9-12-24(14-16)19-21-11-13-28-19/h4-7,11,13,16,22H,8-10,12,14H2,1-3H3,(H,23,25). The van der Waals surface area contributed by atoms with E-state index in [9.17, 15) is 13.2 Å². The Bertz CT molecular complexity index is 920. The monoisotopic (exact) mass is 436 g/mol. The van der Waals surface area contributed by atoms with E-state index in [1.54, 1.807) is 29.7 Å². The molecule has 1 fully saturated rings. The second-order valence-electron chi connectivity index (χ2n) is 8.24. The average Bonchev–Trinajstić information content (AvgIpc) is 3.32. The lowest BCUT2D eigenvalue weighted by Gasteiger charge is -2.19. The number of carbonyl (C=O) groups is 1. The Morgan fingerprint density at radius 3 is 2.62 bits per heavy atom. The average molecular weight is 437 g/mol. The van der Waals surface area contributed by atoms with Crippen molar-refractivity contribution in [3.8, 4) is 0 Å². The SMILES string of the molecule is CC(C)(C)c1ccc(S(=O)(=O)NCCC(=O)NC2CCN(c3nccs3)C2)cc1. The summed E-state index contributed by atoms with van der Waals surface area (Å²) in [6.45, 7) is 7.88. The lowest BCUT2D eigenvalue weighted by molar-refractivity contribution is -0.121. The number of amides is 1. The molecule has 3 rings (SSSR count). The summed E-state index contributed by atoms with van der Waals surface area (Å²) >= 11 is 1.58. The van der Waals surface area contributed by atoms with Crippen molar-refractivity contribution in [2.75, 3.05) is 24.5 Å². The van der Waals surface area contributed by atoms with Crippen LogP contribution in [0.1, 0.15) is 39.2 Å². The molecule has 1 amide bonds. The van der Waals surface area contributed by atoms with E-state index in [1.807, 2.05) is 17.5 Å². The zero-order valence-electron chi connectivity index (χ0n) is 17.0. The highest BCUT2D eigenvalue weighted by Crippen LogP contribution is 2.24. The summed E-state index contributed by atoms with van der Waals surface area (Å²) < 4.78 is 27.4. The summed E-state index contributed by atoms with van der Waals surface area (Å²) in [5.41, 5.74) is 1.03. The number of hydrogen-bond acceptors (Lipinski definition) is 6. The highest BCUT2D eigenvalue weighted by molar-refractivity contribution is 7.89. The smallest absolute Gasteiger partial charge is 0.240 e. The van der Waals surface area contributed by atoms with Crippen LogP contribution in [0.3, 0.4) is 0 Å². The third-order valence-electron chi connectivity index (χ3n) is 4.92. The van der Waals surface area contributed by atoms with Crippen molar-refractivity contribution in [1.82, 2.24) is 15.0 Å². The number of aromatic nitrogens is 1. The van der Waals surface area contributed by atoms with E-state index >= 15 is 0 Å². The molecule has 0 aliphatic carbocycles. The molecule has 7 nitrogen and oxygen atoms in total. The van der Waals surface area contributed by atoms with Gasteiger partial charge in [-0.3, -0.25) is 4.79 Å². The first kappa shape index (κ1) is 21.7. The Morgan fingerprint density at radius 1 is 1.28 bits per heavy atom. The Morgan fingerprint density at radius 2 is 2.00 bits per heavy atom. The number of rotatable bonds is 7. The van der Waals surface area contributed by atoms with Gasteiger partial charge in [-0.2, -0.15) is 0 Å². The summed E-state index contributed by atoms with van der Waals surface area (Å²) in [5, 5.41) is 5.88. The largest absolute Gasteiger partial charge is 0.351 e. The van der Waals surface area contributed by atoms with E-state index in [2.05, 4.69) is 40.7 Å². The first-order valence-corrected chi connectivity index (χ1v) is 12.1. The number of sulfonamides is 1. The zero-order chi connectivity index (χ0) is 21.1. The molecule has 158 valence electrons. The number of hydrogen-bond donors (Lipinski definition) is 2. The number of nitrogens with one attached hydrogen (secondary N) is 2. The molecule has 0 bridgehead atoms. The molecule has 1 unspecified atom stereocenters. The predicted molar refractivity (Wildman–Crippen MR) is 116 cm³/mol. The van der Waals surface area contributed by atoms with Crippen molar-refractivity contribution in [2.45, 2.75) is 50.0 Å². The molecule has 0 spiro atoms. The van der Waals surface area contributed by atoms with Crippen LogP contribution in [-0.2, 0) is 20.2 Å². The molecule has 0 radical (unpaired) electrons. The minimum Gasteiger partial charge on any atom is -0.351 e. The van der Waals surface area contributed by atoms with E-state index in [0.29, 0.717) is 0 Å². The second-order valence-corrected chi connectivity index (χ2v) is 10.9. The summed E-state index contributed by atoms with van der Waals surface area (Å²) in [4.78, 5) is 18.8. The van der Waals surface area contributed by atoms with E-state index in [0.717, 1.165) is 30.2 Å². The summed E-state index contributed by atoms with van der Waals surface area (Å²) in [7, 11) is -3.63. The minimum atomic E-state index is -3.63. The summed E-state index contributed by atoms with van der Waals surface area (Å²) in [5.74, 6) is -0.151. The van der Waals surface area contributed by atoms with Gasteiger partial charge in [0.1, 0.15) is 0 Å². The van der Waals surface area contributed by atoms with Gasteiger partial charge in [0.15, 0.2) is 5.13 Å². The molecule has 1 aromatic carbocycles. The summed E-state index contributed by atoms with van der Waals surface area (Å²) in [6, 6.07) is 6.93. The normalized spacial score (nSPS) is 17.5. The highest BCUT2D eigenvalue weighted by Gasteiger charge is 2.25. The van der Waals surface area contributed by atoms with Gasteiger partial charge in [-0.05, 0) is 29.5 Å². The molecule has 1 atom stereocenters. The molecular weight excluding hydrogens is 408 g/mol. The molecule has 29 heavy (non-hydrogen) atoms. The molecule has 2 N–H and O–H groups in total. The Kier molecular flexibility index (Phi) is 6.60. The maximum atomic E-state index is 12.4. The first-order chi connectivity index (χ1) is 13.6. The fraction of sp³-hybridized carbons (Fsp3) is 0.500. The van der Waals surface area contributed by atoms with Crippen LogP contribution in [0.15, 0.2) is 40.7 Å². The van der Waals surface area contributed by atoms with Gasteiger partial charge in [-0.1, -0.05) is 32.9 Å². The van der Waals surface area contributed by atoms with Crippen molar-refractivity contribution >= 4 is 32.4 Å². The number of anilines is 1. The van der Waals surface area contributed by atoms with Gasteiger partial charge in [0.05, 0.1) is 4.90 Å². The van der Waals surface area contributed by atoms with Crippen LogP contribution in [0.2, 0.25) is 0 Å². The molecule has 2 heterocycles. The van der Waals surface area contributed by atoms with Gasteiger partial charge >= 0.3 is 0 Å². The third-order valence-corrected chi connectivity index (χ3v) is 7.23. The fourth-order valence-electron chi connectivity index (χ4n) is 3.24. The molecular formula is C20H28N4O3S2. The van der Waals surface area contributed by atoms with Crippen molar-refractivity contribution in [3.05, 3.63) is 41.4 Å². The van der Waals surface area contributed by atoms with Gasteiger partial charge in [-0.25, -0.2) is 18.1 Å². The van der Waals surface area contributed by atoms with Gasteiger partial charge in [0.25, 0.3) is 0 Å². The van der Waals surface area contributed by atoms with Crippen LogP contribution in [0.25, 0.3) is 0 Å². The van der Waals surface area contributed by atoms with Crippen molar-refractivity contribution in [2.24, 2.45) is 0 Å². The molecule has 0 saturated carbocycles. The zero-order valence-corrected chi connectivity index (χ0v) is 18.6. The van der Waals surface area contributed by atoms with Crippen molar-refractivity contribution in [1.29, 1.82) is 0 Å². The first-order valence-electron chi connectivity index (χ1n) is 9.69. The number of thiazole rings is 1. The topological polar surface area (TPSA) is 91.4 Å². The lowest BCUT2D eigenvalue weighted by atomic mass is 9.87. The quantitative estimate of drug-likeness (QED) is 0.696. The fourth-order valence-corrected chi connectivity index (χ4v) is 4.95. The molecule has 9 heteroatoms. The Hall–Kier alpha value is -1.97. The molecule has 1 aromatic heterocycles. The third kappa shape index (κ3) is 5.77. The van der Waals surface area contributed by atoms with E-state index in [1.165, 1.54) is 0 Å². The van der Waals surface area contributed by atoms with E-state index < -0.39 is 10.0 Å². The van der Waals surface area contributed by atoms with Gasteiger partial charge in [-0.15, -0.1) is 11.3 Å². The van der Waals surface area contributed by atoms with Crippen LogP contribution in [0, 0.1) is 0 Å². The minimum absolute atomic E-state index is 0.0385. The molecule has 1 aliphatic heterocycles. The highest BCUT2D eigenvalue weighted by atomic mass is 32.2. The van der Waals surface area contributed by atoms with Crippen LogP contribution < -0.4 is 14.9 Å².